The number of methoxy groups -OCH3 is 2. The molecule has 192 valence electrons. The monoisotopic (exact) mass is 499 g/mol. The molecule has 0 saturated carbocycles. The number of piperazine rings is 1. The first-order valence-corrected chi connectivity index (χ1v) is 12.4. The summed E-state index contributed by atoms with van der Waals surface area (Å²) in [5.74, 6) is 1.56. The molecule has 1 aliphatic rings. The molecular weight excluding hydrogens is 466 g/mol. The summed E-state index contributed by atoms with van der Waals surface area (Å²) >= 11 is 0. The molecular formula is C29H33N5O3. The molecule has 0 aliphatic carbocycles. The molecule has 1 fully saturated rings. The van der Waals surface area contributed by atoms with Crippen molar-refractivity contribution in [3.63, 3.8) is 0 Å². The van der Waals surface area contributed by atoms with Gasteiger partial charge in [-0.15, -0.1) is 0 Å². The van der Waals surface area contributed by atoms with Crippen LogP contribution in [-0.4, -0.2) is 87.2 Å². The molecule has 2 aromatic heterocycles. The van der Waals surface area contributed by atoms with Crippen LogP contribution in [-0.2, 0) is 0 Å². The van der Waals surface area contributed by atoms with Crippen LogP contribution in [0.25, 0.3) is 33.3 Å². The number of carbonyl (C=O) groups is 1. The van der Waals surface area contributed by atoms with E-state index in [1.54, 1.807) is 33.2 Å². The molecule has 5 rings (SSSR count). The lowest BCUT2D eigenvalue weighted by molar-refractivity contribution is 0.0827. The number of hydrogen-bond donors (Lipinski definition) is 1. The van der Waals surface area contributed by atoms with Crippen LogP contribution in [0.15, 0.2) is 54.9 Å². The number of rotatable bonds is 6. The lowest BCUT2D eigenvalue weighted by Gasteiger charge is -2.35. The molecule has 3 heterocycles. The first-order valence-electron chi connectivity index (χ1n) is 12.4. The summed E-state index contributed by atoms with van der Waals surface area (Å²) in [6.07, 6.45) is 3.83. The van der Waals surface area contributed by atoms with Gasteiger partial charge in [-0.1, -0.05) is 12.1 Å². The number of aromatic nitrogens is 2. The third-order valence-electron chi connectivity index (χ3n) is 7.01. The van der Waals surface area contributed by atoms with E-state index in [-0.39, 0.29) is 5.91 Å². The van der Waals surface area contributed by atoms with E-state index in [4.69, 9.17) is 14.5 Å². The van der Waals surface area contributed by atoms with E-state index in [1.165, 1.54) is 0 Å². The number of nitrogens with one attached hydrogen (secondary N) is 1. The molecule has 1 amide bonds. The highest BCUT2D eigenvalue weighted by atomic mass is 16.5. The van der Waals surface area contributed by atoms with Crippen LogP contribution in [0, 0.1) is 0 Å². The number of pyridine rings is 1. The zero-order valence-corrected chi connectivity index (χ0v) is 22.0. The molecule has 0 spiro atoms. The highest BCUT2D eigenvalue weighted by Crippen LogP contribution is 2.43. The van der Waals surface area contributed by atoms with Crippen LogP contribution in [0.4, 0.5) is 5.69 Å². The molecule has 1 saturated heterocycles. The molecule has 2 aromatic carbocycles. The summed E-state index contributed by atoms with van der Waals surface area (Å²) in [5, 5.41) is 1.00. The van der Waals surface area contributed by atoms with Gasteiger partial charge in [0.2, 0.25) is 0 Å². The Morgan fingerprint density at radius 3 is 2.16 bits per heavy atom. The van der Waals surface area contributed by atoms with Crippen molar-refractivity contribution in [2.24, 2.45) is 0 Å². The summed E-state index contributed by atoms with van der Waals surface area (Å²) in [6.45, 7) is 3.83. The van der Waals surface area contributed by atoms with Crippen LogP contribution in [0.3, 0.4) is 0 Å². The Kier molecular flexibility index (Phi) is 6.76. The molecule has 0 radical (unpaired) electrons. The highest BCUT2D eigenvalue weighted by molar-refractivity contribution is 5.98. The Hall–Kier alpha value is -4.04. The average Bonchev–Trinajstić information content (AvgIpc) is 3.35. The van der Waals surface area contributed by atoms with Crippen molar-refractivity contribution < 1.29 is 14.3 Å². The van der Waals surface area contributed by atoms with Crippen LogP contribution in [0.2, 0.25) is 0 Å². The Morgan fingerprint density at radius 2 is 1.57 bits per heavy atom. The van der Waals surface area contributed by atoms with E-state index in [0.717, 1.165) is 76.7 Å². The predicted molar refractivity (Wildman–Crippen MR) is 148 cm³/mol. The van der Waals surface area contributed by atoms with Crippen LogP contribution < -0.4 is 14.4 Å². The van der Waals surface area contributed by atoms with E-state index in [9.17, 15) is 4.79 Å². The molecule has 0 unspecified atom stereocenters. The quantitative estimate of drug-likeness (QED) is 0.425. The first kappa shape index (κ1) is 24.6. The van der Waals surface area contributed by atoms with Gasteiger partial charge in [-0.2, -0.15) is 0 Å². The fraction of sp³-hybridized carbons (Fsp3) is 0.310. The van der Waals surface area contributed by atoms with Gasteiger partial charge in [0.05, 0.1) is 14.2 Å². The average molecular weight is 500 g/mol. The first-order chi connectivity index (χ1) is 17.9. The summed E-state index contributed by atoms with van der Waals surface area (Å²) < 4.78 is 11.7. The summed E-state index contributed by atoms with van der Waals surface area (Å²) in [7, 11) is 9.06. The third kappa shape index (κ3) is 4.72. The number of ether oxygens (including phenoxy) is 2. The topological polar surface area (TPSA) is 73.9 Å². The van der Waals surface area contributed by atoms with E-state index >= 15 is 0 Å². The van der Waals surface area contributed by atoms with Crippen molar-refractivity contribution in [1.29, 1.82) is 0 Å². The van der Waals surface area contributed by atoms with E-state index < -0.39 is 0 Å². The molecule has 0 atom stereocenters. The van der Waals surface area contributed by atoms with Gasteiger partial charge >= 0.3 is 0 Å². The maximum Gasteiger partial charge on any atom is 0.253 e. The highest BCUT2D eigenvalue weighted by Gasteiger charge is 2.23. The van der Waals surface area contributed by atoms with Crippen LogP contribution >= 0.6 is 0 Å². The van der Waals surface area contributed by atoms with Crippen molar-refractivity contribution in [1.82, 2.24) is 19.8 Å². The van der Waals surface area contributed by atoms with Gasteiger partial charge in [0, 0.05) is 74.7 Å². The molecule has 1 aliphatic heterocycles. The summed E-state index contributed by atoms with van der Waals surface area (Å²) in [6, 6.07) is 13.9. The standard InChI is InChI=1S/C29H33N5O3/c1-32(2)29(35)20-8-6-19(7-9-20)24-18-31-28-23(24)14-22(17-30-28)21-15-25(36-4)27(26(16-21)37-5)34-12-10-33(3)11-13-34/h6-9,14-18H,10-13H2,1-5H3,(H,30,31). The number of carbonyl (C=O) groups excluding carboxylic acids is 1. The SMILES string of the molecule is COc1cc(-c2cnc3[nH]cc(-c4ccc(C(=O)N(C)C)cc4)c3c2)cc(OC)c1N1CCN(C)CC1. The second kappa shape index (κ2) is 10.1. The van der Waals surface area contributed by atoms with Crippen molar-refractivity contribution in [3.8, 4) is 33.8 Å². The number of benzene rings is 2. The van der Waals surface area contributed by atoms with Crippen molar-refractivity contribution in [2.75, 3.05) is 66.4 Å². The number of fused-ring (bicyclic) bond motifs is 1. The molecule has 0 bridgehead atoms. The van der Waals surface area contributed by atoms with Crippen molar-refractivity contribution in [3.05, 3.63) is 60.4 Å². The fourth-order valence-electron chi connectivity index (χ4n) is 4.85. The van der Waals surface area contributed by atoms with Gasteiger partial charge in [0.15, 0.2) is 0 Å². The predicted octanol–water partition coefficient (Wildman–Crippen LogP) is 4.37. The number of anilines is 1. The normalized spacial score (nSPS) is 14.1. The second-order valence-corrected chi connectivity index (χ2v) is 9.62. The molecule has 8 nitrogen and oxygen atoms in total. The molecule has 4 aromatic rings. The molecule has 8 heteroatoms. The van der Waals surface area contributed by atoms with Gasteiger partial charge in [0.25, 0.3) is 5.91 Å². The zero-order valence-electron chi connectivity index (χ0n) is 22.0. The Morgan fingerprint density at radius 1 is 0.919 bits per heavy atom. The van der Waals surface area contributed by atoms with Gasteiger partial charge in [-0.3, -0.25) is 4.79 Å². The van der Waals surface area contributed by atoms with Gasteiger partial charge in [-0.25, -0.2) is 4.98 Å². The zero-order chi connectivity index (χ0) is 26.1. The number of aromatic amines is 1. The van der Waals surface area contributed by atoms with Crippen molar-refractivity contribution in [2.45, 2.75) is 0 Å². The van der Waals surface area contributed by atoms with Gasteiger partial charge < -0.3 is 29.2 Å². The van der Waals surface area contributed by atoms with E-state index in [2.05, 4.69) is 40.0 Å². The fourth-order valence-corrected chi connectivity index (χ4v) is 4.85. The minimum atomic E-state index is -0.0163. The summed E-state index contributed by atoms with van der Waals surface area (Å²) in [5.41, 5.74) is 6.44. The number of amides is 1. The van der Waals surface area contributed by atoms with Gasteiger partial charge in [0.1, 0.15) is 22.8 Å². The van der Waals surface area contributed by atoms with Gasteiger partial charge in [-0.05, 0) is 48.5 Å². The molecule has 37 heavy (non-hydrogen) atoms. The lowest BCUT2D eigenvalue weighted by Crippen LogP contribution is -2.44. The largest absolute Gasteiger partial charge is 0.494 e. The minimum absolute atomic E-state index is 0.0163. The van der Waals surface area contributed by atoms with Crippen LogP contribution in [0.5, 0.6) is 11.5 Å². The summed E-state index contributed by atoms with van der Waals surface area (Å²) in [4.78, 5) is 26.5. The number of H-pyrrole nitrogens is 1. The number of nitrogens with zero attached hydrogens (tertiary/aromatic N) is 4. The number of hydrogen-bond acceptors (Lipinski definition) is 6. The smallest absolute Gasteiger partial charge is 0.253 e. The lowest BCUT2D eigenvalue weighted by atomic mass is 10.0. The Balaban J connectivity index is 1.53. The van der Waals surface area contributed by atoms with E-state index in [0.29, 0.717) is 5.56 Å². The van der Waals surface area contributed by atoms with Crippen molar-refractivity contribution >= 4 is 22.6 Å². The number of likely N-dealkylation sites (N-methyl/N-ethyl adjacent to an activating group) is 1. The maximum absolute atomic E-state index is 12.3. The third-order valence-corrected chi connectivity index (χ3v) is 7.01. The van der Waals surface area contributed by atoms with E-state index in [1.807, 2.05) is 36.7 Å². The Labute approximate surface area is 217 Å². The second-order valence-electron chi connectivity index (χ2n) is 9.62. The van der Waals surface area contributed by atoms with Crippen LogP contribution in [0.1, 0.15) is 10.4 Å². The Bertz CT molecular complexity index is 1390. The maximum atomic E-state index is 12.3. The molecule has 1 N–H and O–H groups in total. The minimum Gasteiger partial charge on any atom is -0.494 e.